The predicted molar refractivity (Wildman–Crippen MR) is 149 cm³/mol. The maximum Gasteiger partial charge on any atom is 0.255 e. The number of hydrogen-bond donors (Lipinski definition) is 3. The van der Waals surface area contributed by atoms with Crippen molar-refractivity contribution in [3.05, 3.63) is 53.2 Å². The average Bonchev–Trinajstić information content (AvgIpc) is 3.06. The maximum atomic E-state index is 13.2. The van der Waals surface area contributed by atoms with Gasteiger partial charge in [0.25, 0.3) is 5.91 Å². The smallest absolute Gasteiger partial charge is 0.255 e. The highest BCUT2D eigenvalue weighted by Gasteiger charge is 2.22. The summed E-state index contributed by atoms with van der Waals surface area (Å²) in [5.41, 5.74) is 15.3. The normalized spacial score (nSPS) is 17.3. The standard InChI is InChI=1S/C28H37N7O2/c1-3-11-34(12-4-2)28(37)21-14-19-7-8-20(15-24(19)33-25(30)16-21)27(36)32-23-9-10-26(31-17-23)35-13-5-6-22(29)18-35/h7-10,14-15,17,22H,3-6,11-13,16,18,29H2,1-2H3,(H2,30,33)(H,32,36). The summed E-state index contributed by atoms with van der Waals surface area (Å²) >= 11 is 0. The Balaban J connectivity index is 1.49. The molecular formula is C28H37N7O2. The number of aliphatic imine (C=N–C) groups is 1. The van der Waals surface area contributed by atoms with E-state index >= 15 is 0 Å². The quantitative estimate of drug-likeness (QED) is 0.504. The lowest BCUT2D eigenvalue weighted by Crippen LogP contribution is -2.43. The van der Waals surface area contributed by atoms with Crippen molar-refractivity contribution in [3.63, 3.8) is 0 Å². The van der Waals surface area contributed by atoms with E-state index in [1.165, 1.54) is 0 Å². The second-order valence-corrected chi connectivity index (χ2v) is 9.72. The van der Waals surface area contributed by atoms with Gasteiger partial charge in [0, 0.05) is 55.3 Å². The highest BCUT2D eigenvalue weighted by atomic mass is 16.2. The molecule has 0 radical (unpaired) electrons. The van der Waals surface area contributed by atoms with E-state index in [9.17, 15) is 9.59 Å². The van der Waals surface area contributed by atoms with Crippen molar-refractivity contribution in [3.8, 4) is 0 Å². The van der Waals surface area contributed by atoms with Gasteiger partial charge in [0.1, 0.15) is 11.7 Å². The average molecular weight is 504 g/mol. The first-order valence-electron chi connectivity index (χ1n) is 13.1. The Labute approximate surface area is 218 Å². The van der Waals surface area contributed by atoms with Gasteiger partial charge in [-0.25, -0.2) is 9.98 Å². The molecule has 1 saturated heterocycles. The molecule has 1 aromatic carbocycles. The number of rotatable bonds is 8. The molecule has 9 heteroatoms. The number of pyridine rings is 1. The SMILES string of the molecule is CCCN(CCC)C(=O)C1=Cc2ccc(C(=O)Nc3ccc(N4CCCC(N)C4)nc3)cc2N=C(N)C1. The first-order chi connectivity index (χ1) is 17.9. The molecule has 2 amide bonds. The van der Waals surface area contributed by atoms with Crippen LogP contribution in [0.1, 0.15) is 61.9 Å². The van der Waals surface area contributed by atoms with Gasteiger partial charge in [-0.1, -0.05) is 19.9 Å². The van der Waals surface area contributed by atoms with Gasteiger partial charge in [-0.2, -0.15) is 0 Å². The Morgan fingerprint density at radius 1 is 1.16 bits per heavy atom. The van der Waals surface area contributed by atoms with Gasteiger partial charge in [0.05, 0.1) is 17.6 Å². The van der Waals surface area contributed by atoms with Crippen LogP contribution in [0.3, 0.4) is 0 Å². The van der Waals surface area contributed by atoms with E-state index in [-0.39, 0.29) is 24.3 Å². The Bertz CT molecular complexity index is 1180. The van der Waals surface area contributed by atoms with Crippen LogP contribution < -0.4 is 21.7 Å². The van der Waals surface area contributed by atoms with E-state index in [4.69, 9.17) is 11.5 Å². The van der Waals surface area contributed by atoms with E-state index in [1.54, 1.807) is 18.3 Å². The number of carbonyl (C=O) groups excluding carboxylic acids is 2. The Morgan fingerprint density at radius 3 is 2.62 bits per heavy atom. The van der Waals surface area contributed by atoms with Crippen LogP contribution in [0.15, 0.2) is 47.1 Å². The molecule has 0 bridgehead atoms. The second-order valence-electron chi connectivity index (χ2n) is 9.72. The molecular weight excluding hydrogens is 466 g/mol. The summed E-state index contributed by atoms with van der Waals surface area (Å²) in [6, 6.07) is 9.16. The number of hydrogen-bond acceptors (Lipinski definition) is 7. The summed E-state index contributed by atoms with van der Waals surface area (Å²) in [4.78, 5) is 39.2. The van der Waals surface area contributed by atoms with Gasteiger partial charge >= 0.3 is 0 Å². The van der Waals surface area contributed by atoms with E-state index in [2.05, 4.69) is 34.0 Å². The number of benzene rings is 1. The van der Waals surface area contributed by atoms with Crippen molar-refractivity contribution >= 4 is 40.9 Å². The van der Waals surface area contributed by atoms with Crippen LogP contribution in [-0.2, 0) is 4.79 Å². The van der Waals surface area contributed by atoms with Gasteiger partial charge in [-0.05, 0) is 56.0 Å². The number of piperidine rings is 1. The summed E-state index contributed by atoms with van der Waals surface area (Å²) in [6.07, 6.45) is 7.64. The van der Waals surface area contributed by atoms with Gasteiger partial charge in [0.15, 0.2) is 0 Å². The molecule has 0 saturated carbocycles. The Kier molecular flexibility index (Phi) is 8.55. The molecule has 1 atom stereocenters. The molecule has 1 aromatic heterocycles. The fourth-order valence-electron chi connectivity index (χ4n) is 4.80. The third-order valence-corrected chi connectivity index (χ3v) is 6.59. The molecule has 1 unspecified atom stereocenters. The molecule has 3 heterocycles. The van der Waals surface area contributed by atoms with Gasteiger partial charge in [-0.15, -0.1) is 0 Å². The largest absolute Gasteiger partial charge is 0.387 e. The summed E-state index contributed by atoms with van der Waals surface area (Å²) in [7, 11) is 0. The lowest BCUT2D eigenvalue weighted by atomic mass is 10.0. The van der Waals surface area contributed by atoms with E-state index in [0.29, 0.717) is 41.4 Å². The molecule has 1 fully saturated rings. The topological polar surface area (TPSA) is 130 Å². The van der Waals surface area contributed by atoms with Crippen molar-refractivity contribution in [2.24, 2.45) is 16.5 Å². The van der Waals surface area contributed by atoms with Crippen molar-refractivity contribution in [2.75, 3.05) is 36.4 Å². The minimum atomic E-state index is -0.271. The molecule has 0 aliphatic carbocycles. The molecule has 2 aliphatic rings. The molecule has 4 rings (SSSR count). The number of amidine groups is 1. The van der Waals surface area contributed by atoms with Crippen molar-refractivity contribution < 1.29 is 9.59 Å². The number of nitrogens with one attached hydrogen (secondary N) is 1. The second kappa shape index (κ2) is 12.0. The highest BCUT2D eigenvalue weighted by Crippen LogP contribution is 2.29. The van der Waals surface area contributed by atoms with E-state index in [0.717, 1.165) is 50.2 Å². The Hall–Kier alpha value is -3.72. The van der Waals surface area contributed by atoms with Gasteiger partial charge < -0.3 is 26.6 Å². The summed E-state index contributed by atoms with van der Waals surface area (Å²) in [6.45, 7) is 7.24. The first-order valence-corrected chi connectivity index (χ1v) is 13.1. The molecule has 9 nitrogen and oxygen atoms in total. The number of aromatic nitrogens is 1. The molecule has 2 aliphatic heterocycles. The zero-order valence-electron chi connectivity index (χ0n) is 21.7. The monoisotopic (exact) mass is 503 g/mol. The number of fused-ring (bicyclic) bond motifs is 1. The Morgan fingerprint density at radius 2 is 1.95 bits per heavy atom. The third kappa shape index (κ3) is 6.54. The van der Waals surface area contributed by atoms with Crippen LogP contribution >= 0.6 is 0 Å². The number of amides is 2. The number of anilines is 2. The number of nitrogens with zero attached hydrogens (tertiary/aromatic N) is 4. The van der Waals surface area contributed by atoms with Crippen molar-refractivity contribution in [2.45, 2.75) is 52.0 Å². The summed E-state index contributed by atoms with van der Waals surface area (Å²) in [5, 5.41) is 2.90. The fourth-order valence-corrected chi connectivity index (χ4v) is 4.80. The number of carbonyl (C=O) groups is 2. The van der Waals surface area contributed by atoms with Crippen LogP contribution in [0.2, 0.25) is 0 Å². The minimum absolute atomic E-state index is 0.0148. The van der Waals surface area contributed by atoms with Crippen LogP contribution in [0.25, 0.3) is 6.08 Å². The van der Waals surface area contributed by atoms with E-state index in [1.807, 2.05) is 29.2 Å². The van der Waals surface area contributed by atoms with Crippen LogP contribution in [0, 0.1) is 0 Å². The van der Waals surface area contributed by atoms with E-state index < -0.39 is 0 Å². The molecule has 37 heavy (non-hydrogen) atoms. The first kappa shape index (κ1) is 26.3. The molecule has 196 valence electrons. The van der Waals surface area contributed by atoms with Crippen LogP contribution in [0.4, 0.5) is 17.2 Å². The van der Waals surface area contributed by atoms with Gasteiger partial charge in [-0.3, -0.25) is 9.59 Å². The molecule has 5 N–H and O–H groups in total. The van der Waals surface area contributed by atoms with Crippen LogP contribution in [0.5, 0.6) is 0 Å². The predicted octanol–water partition coefficient (Wildman–Crippen LogP) is 3.69. The third-order valence-electron chi connectivity index (χ3n) is 6.59. The number of nitrogens with two attached hydrogens (primary N) is 2. The van der Waals surface area contributed by atoms with Crippen molar-refractivity contribution in [1.82, 2.24) is 9.88 Å². The summed E-state index contributed by atoms with van der Waals surface area (Å²) in [5.74, 6) is 0.921. The summed E-state index contributed by atoms with van der Waals surface area (Å²) < 4.78 is 0. The molecule has 0 spiro atoms. The van der Waals surface area contributed by atoms with Crippen LogP contribution in [-0.4, -0.2) is 59.8 Å². The zero-order chi connectivity index (χ0) is 26.4. The fraction of sp³-hybridized carbons (Fsp3) is 0.429. The minimum Gasteiger partial charge on any atom is -0.387 e. The maximum absolute atomic E-state index is 13.2. The lowest BCUT2D eigenvalue weighted by molar-refractivity contribution is -0.127. The molecule has 2 aromatic rings. The van der Waals surface area contributed by atoms with Crippen molar-refractivity contribution in [1.29, 1.82) is 0 Å². The van der Waals surface area contributed by atoms with Gasteiger partial charge in [0.2, 0.25) is 5.91 Å². The highest BCUT2D eigenvalue weighted by molar-refractivity contribution is 6.07. The zero-order valence-corrected chi connectivity index (χ0v) is 21.7. The lowest BCUT2D eigenvalue weighted by Gasteiger charge is -2.31.